The summed E-state index contributed by atoms with van der Waals surface area (Å²) in [5, 5.41) is 7.01. The van der Waals surface area contributed by atoms with E-state index < -0.39 is 17.6 Å². The molecule has 1 aliphatic heterocycles. The van der Waals surface area contributed by atoms with Crippen molar-refractivity contribution in [1.82, 2.24) is 5.32 Å². The normalized spacial score (nSPS) is 14.7. The van der Waals surface area contributed by atoms with Gasteiger partial charge in [0.2, 0.25) is 0 Å². The van der Waals surface area contributed by atoms with E-state index in [2.05, 4.69) is 10.6 Å². The molecule has 1 saturated heterocycles. The van der Waals surface area contributed by atoms with Gasteiger partial charge in [0.15, 0.2) is 5.11 Å². The highest BCUT2D eigenvalue weighted by Gasteiger charge is 2.31. The highest BCUT2D eigenvalue weighted by molar-refractivity contribution is 7.80. The molecule has 0 spiro atoms. The predicted molar refractivity (Wildman–Crippen MR) is 106 cm³/mol. The van der Waals surface area contributed by atoms with Crippen LogP contribution >= 0.6 is 23.6 Å². The van der Waals surface area contributed by atoms with Gasteiger partial charge in [-0.15, -0.1) is 11.3 Å². The van der Waals surface area contributed by atoms with Crippen molar-refractivity contribution in [3.8, 4) is 0 Å². The van der Waals surface area contributed by atoms with Crippen LogP contribution in [0.15, 0.2) is 35.7 Å². The van der Waals surface area contributed by atoms with Crippen LogP contribution in [0.25, 0.3) is 0 Å². The summed E-state index contributed by atoms with van der Waals surface area (Å²) in [6.07, 6.45) is -1.38. The van der Waals surface area contributed by atoms with Crippen LogP contribution in [0.5, 0.6) is 0 Å². The number of anilines is 2. The zero-order valence-corrected chi connectivity index (χ0v) is 15.9. The molecule has 0 atom stereocenters. The summed E-state index contributed by atoms with van der Waals surface area (Å²) in [6.45, 7) is 1.54. The molecule has 2 N–H and O–H groups in total. The monoisotopic (exact) mass is 413 g/mol. The molecule has 144 valence electrons. The number of nitrogens with one attached hydrogen (secondary N) is 2. The topological polar surface area (TPSA) is 44.4 Å². The molecule has 1 amide bonds. The Bertz CT molecular complexity index is 816. The first kappa shape index (κ1) is 19.6. The van der Waals surface area contributed by atoms with Crippen LogP contribution in [0, 0.1) is 0 Å². The molecule has 1 fully saturated rings. The molecule has 0 radical (unpaired) electrons. The van der Waals surface area contributed by atoms with Crippen molar-refractivity contribution >= 4 is 45.9 Å². The van der Waals surface area contributed by atoms with E-state index in [-0.39, 0.29) is 10.8 Å². The minimum Gasteiger partial charge on any atom is -0.370 e. The number of thiophene rings is 1. The van der Waals surface area contributed by atoms with Gasteiger partial charge >= 0.3 is 6.18 Å². The Kier molecular flexibility index (Phi) is 6.01. The van der Waals surface area contributed by atoms with Crippen molar-refractivity contribution < 1.29 is 18.0 Å². The largest absolute Gasteiger partial charge is 0.416 e. The zero-order chi connectivity index (χ0) is 19.4. The molecule has 0 saturated carbocycles. The van der Waals surface area contributed by atoms with E-state index in [1.165, 1.54) is 17.4 Å². The van der Waals surface area contributed by atoms with E-state index >= 15 is 0 Å². The van der Waals surface area contributed by atoms with E-state index in [0.717, 1.165) is 44.5 Å². The molecule has 27 heavy (non-hydrogen) atoms. The van der Waals surface area contributed by atoms with Crippen molar-refractivity contribution in [1.29, 1.82) is 0 Å². The fourth-order valence-electron chi connectivity index (χ4n) is 2.95. The highest BCUT2D eigenvalue weighted by atomic mass is 32.1. The number of halogens is 3. The van der Waals surface area contributed by atoms with Crippen LogP contribution in [-0.2, 0) is 6.18 Å². The lowest BCUT2D eigenvalue weighted by molar-refractivity contribution is -0.137. The van der Waals surface area contributed by atoms with Crippen LogP contribution in [-0.4, -0.2) is 24.1 Å². The Morgan fingerprint density at radius 2 is 1.89 bits per heavy atom. The molecule has 0 unspecified atom stereocenters. The Morgan fingerprint density at radius 3 is 2.52 bits per heavy atom. The molecular formula is C18H18F3N3OS2. The summed E-state index contributed by atoms with van der Waals surface area (Å²) in [5.41, 5.74) is 0.122. The number of benzene rings is 1. The second-order valence-electron chi connectivity index (χ2n) is 6.16. The first-order valence-electron chi connectivity index (χ1n) is 8.46. The third-order valence-electron chi connectivity index (χ3n) is 4.24. The maximum Gasteiger partial charge on any atom is 0.416 e. The number of carbonyl (C=O) groups excluding carboxylic acids is 1. The zero-order valence-electron chi connectivity index (χ0n) is 14.3. The van der Waals surface area contributed by atoms with Crippen molar-refractivity contribution in [2.45, 2.75) is 25.4 Å². The quantitative estimate of drug-likeness (QED) is 0.704. The minimum atomic E-state index is -4.46. The van der Waals surface area contributed by atoms with Crippen LogP contribution < -0.4 is 15.5 Å². The molecule has 1 aromatic carbocycles. The molecular weight excluding hydrogens is 395 g/mol. The van der Waals surface area contributed by atoms with E-state index in [0.29, 0.717) is 10.6 Å². The highest BCUT2D eigenvalue weighted by Crippen LogP contribution is 2.36. The summed E-state index contributed by atoms with van der Waals surface area (Å²) >= 11 is 6.40. The van der Waals surface area contributed by atoms with E-state index in [9.17, 15) is 18.0 Å². The second-order valence-corrected chi connectivity index (χ2v) is 7.52. The van der Waals surface area contributed by atoms with E-state index in [1.807, 2.05) is 4.90 Å². The average Bonchev–Trinajstić information content (AvgIpc) is 3.16. The minimum absolute atomic E-state index is 0.0361. The molecule has 1 aromatic heterocycles. The second kappa shape index (κ2) is 8.26. The Morgan fingerprint density at radius 1 is 1.15 bits per heavy atom. The van der Waals surface area contributed by atoms with Crippen LogP contribution in [0.3, 0.4) is 0 Å². The first-order valence-corrected chi connectivity index (χ1v) is 9.75. The standard InChI is InChI=1S/C18H18F3N3OS2/c19-18(20,21)12-6-7-14(24-8-2-1-3-9-24)13(11-12)22-17(26)23-16(25)15-5-4-10-27-15/h4-7,10-11H,1-3,8-9H2,(H2,22,23,25,26). The number of alkyl halides is 3. The summed E-state index contributed by atoms with van der Waals surface area (Å²) in [4.78, 5) is 14.6. The fraction of sp³-hybridized carbons (Fsp3) is 0.333. The van der Waals surface area contributed by atoms with Gasteiger partial charge in [0.1, 0.15) is 0 Å². The third kappa shape index (κ3) is 4.98. The number of thiocarbonyl (C=S) groups is 1. The summed E-state index contributed by atoms with van der Waals surface area (Å²) in [6, 6.07) is 6.94. The maximum atomic E-state index is 13.1. The van der Waals surface area contributed by atoms with Gasteiger partial charge in [0, 0.05) is 13.1 Å². The van der Waals surface area contributed by atoms with Gasteiger partial charge in [-0.25, -0.2) is 0 Å². The van der Waals surface area contributed by atoms with Crippen LogP contribution in [0.4, 0.5) is 24.5 Å². The summed E-state index contributed by atoms with van der Waals surface area (Å²) in [7, 11) is 0. The lowest BCUT2D eigenvalue weighted by Gasteiger charge is -2.31. The van der Waals surface area contributed by atoms with Gasteiger partial charge < -0.3 is 10.2 Å². The first-order chi connectivity index (χ1) is 12.8. The molecule has 2 heterocycles. The third-order valence-corrected chi connectivity index (χ3v) is 5.31. The van der Waals surface area contributed by atoms with Gasteiger partial charge in [-0.1, -0.05) is 6.07 Å². The number of rotatable bonds is 3. The van der Waals surface area contributed by atoms with E-state index in [1.54, 1.807) is 17.5 Å². The molecule has 4 nitrogen and oxygen atoms in total. The summed E-state index contributed by atoms with van der Waals surface area (Å²) in [5.74, 6) is -0.394. The number of carbonyl (C=O) groups is 1. The van der Waals surface area contributed by atoms with Crippen LogP contribution in [0.1, 0.15) is 34.5 Å². The van der Waals surface area contributed by atoms with Gasteiger partial charge in [-0.3, -0.25) is 10.1 Å². The Labute approximate surface area is 164 Å². The molecule has 2 aromatic rings. The SMILES string of the molecule is O=C(NC(=S)Nc1cc(C(F)(F)F)ccc1N1CCCCC1)c1cccs1. The molecule has 9 heteroatoms. The molecule has 1 aliphatic rings. The van der Waals surface area contributed by atoms with Gasteiger partial charge in [-0.05, 0) is 61.1 Å². The predicted octanol–water partition coefficient (Wildman–Crippen LogP) is 4.88. The number of hydrogen-bond donors (Lipinski definition) is 2. The summed E-state index contributed by atoms with van der Waals surface area (Å²) < 4.78 is 39.4. The number of amides is 1. The van der Waals surface area contributed by atoms with Gasteiger partial charge in [0.05, 0.1) is 21.8 Å². The van der Waals surface area contributed by atoms with Crippen molar-refractivity contribution in [2.75, 3.05) is 23.3 Å². The Balaban J connectivity index is 1.82. The van der Waals surface area contributed by atoms with Crippen molar-refractivity contribution in [2.24, 2.45) is 0 Å². The lowest BCUT2D eigenvalue weighted by atomic mass is 10.1. The van der Waals surface area contributed by atoms with Crippen LogP contribution in [0.2, 0.25) is 0 Å². The van der Waals surface area contributed by atoms with E-state index in [4.69, 9.17) is 12.2 Å². The Hall–Kier alpha value is -2.13. The smallest absolute Gasteiger partial charge is 0.370 e. The lowest BCUT2D eigenvalue weighted by Crippen LogP contribution is -2.35. The number of nitrogens with zero attached hydrogens (tertiary/aromatic N) is 1. The number of hydrogen-bond acceptors (Lipinski definition) is 4. The fourth-order valence-corrected chi connectivity index (χ4v) is 3.77. The number of piperidine rings is 1. The average molecular weight is 413 g/mol. The molecule has 0 aliphatic carbocycles. The van der Waals surface area contributed by atoms with Crippen molar-refractivity contribution in [3.05, 3.63) is 46.2 Å². The van der Waals surface area contributed by atoms with Gasteiger partial charge in [0.25, 0.3) is 5.91 Å². The van der Waals surface area contributed by atoms with Gasteiger partial charge in [-0.2, -0.15) is 13.2 Å². The van der Waals surface area contributed by atoms with Crippen molar-refractivity contribution in [3.63, 3.8) is 0 Å². The molecule has 3 rings (SSSR count). The maximum absolute atomic E-state index is 13.1. The molecule has 0 bridgehead atoms.